The zero-order chi connectivity index (χ0) is 12.4. The molecule has 1 N–H and O–H groups in total. The summed E-state index contributed by atoms with van der Waals surface area (Å²) < 4.78 is 5.86. The van der Waals surface area contributed by atoms with Gasteiger partial charge in [-0.1, -0.05) is 0 Å². The SMILES string of the molecule is Cc1ccoc1C(=O)Nc1ccc(Br)nc1C. The Kier molecular flexibility index (Phi) is 3.28. The molecule has 2 heterocycles. The molecule has 1 amide bonds. The van der Waals surface area contributed by atoms with E-state index in [4.69, 9.17) is 4.42 Å². The standard InChI is InChI=1S/C12H11BrN2O2/c1-7-5-6-17-11(7)12(16)15-9-3-4-10(13)14-8(9)2/h3-6H,1-2H3,(H,15,16). The Morgan fingerprint density at radius 1 is 1.35 bits per heavy atom. The number of pyridine rings is 1. The number of halogens is 1. The lowest BCUT2D eigenvalue weighted by Gasteiger charge is -2.06. The third-order valence-electron chi connectivity index (χ3n) is 2.37. The number of aryl methyl sites for hydroxylation is 2. The zero-order valence-electron chi connectivity index (χ0n) is 9.45. The number of amides is 1. The number of hydrogen-bond acceptors (Lipinski definition) is 3. The van der Waals surface area contributed by atoms with Gasteiger partial charge >= 0.3 is 0 Å². The molecule has 0 aliphatic rings. The van der Waals surface area contributed by atoms with Crippen LogP contribution < -0.4 is 5.32 Å². The molecule has 2 rings (SSSR count). The van der Waals surface area contributed by atoms with Gasteiger partial charge in [-0.3, -0.25) is 4.79 Å². The van der Waals surface area contributed by atoms with E-state index in [2.05, 4.69) is 26.2 Å². The zero-order valence-corrected chi connectivity index (χ0v) is 11.0. The molecule has 0 bridgehead atoms. The summed E-state index contributed by atoms with van der Waals surface area (Å²) in [5, 5.41) is 2.76. The number of hydrogen-bond donors (Lipinski definition) is 1. The molecule has 0 aromatic carbocycles. The smallest absolute Gasteiger partial charge is 0.291 e. The molecule has 0 radical (unpaired) electrons. The summed E-state index contributed by atoms with van der Waals surface area (Å²) in [5.41, 5.74) is 2.23. The molecule has 4 nitrogen and oxygen atoms in total. The van der Waals surface area contributed by atoms with Crippen molar-refractivity contribution in [1.82, 2.24) is 4.98 Å². The lowest BCUT2D eigenvalue weighted by molar-refractivity contribution is 0.0995. The molecule has 0 unspecified atom stereocenters. The van der Waals surface area contributed by atoms with Gasteiger partial charge in [0.25, 0.3) is 5.91 Å². The fourth-order valence-corrected chi connectivity index (χ4v) is 1.85. The van der Waals surface area contributed by atoms with Gasteiger partial charge < -0.3 is 9.73 Å². The molecule has 0 aliphatic heterocycles. The van der Waals surface area contributed by atoms with Gasteiger partial charge in [-0.2, -0.15) is 0 Å². The lowest BCUT2D eigenvalue weighted by Crippen LogP contribution is -2.13. The number of anilines is 1. The summed E-state index contributed by atoms with van der Waals surface area (Å²) in [6.07, 6.45) is 1.50. The number of aromatic nitrogens is 1. The Morgan fingerprint density at radius 3 is 2.71 bits per heavy atom. The van der Waals surface area contributed by atoms with Gasteiger partial charge in [-0.05, 0) is 48.0 Å². The van der Waals surface area contributed by atoms with E-state index in [1.54, 1.807) is 18.2 Å². The van der Waals surface area contributed by atoms with Crippen molar-refractivity contribution in [3.05, 3.63) is 46.1 Å². The largest absolute Gasteiger partial charge is 0.459 e. The minimum Gasteiger partial charge on any atom is -0.459 e. The lowest BCUT2D eigenvalue weighted by atomic mass is 10.2. The number of furan rings is 1. The molecular weight excluding hydrogens is 284 g/mol. The van der Waals surface area contributed by atoms with E-state index < -0.39 is 0 Å². The highest BCUT2D eigenvalue weighted by molar-refractivity contribution is 9.10. The molecule has 2 aromatic heterocycles. The van der Waals surface area contributed by atoms with Crippen molar-refractivity contribution < 1.29 is 9.21 Å². The first-order valence-electron chi connectivity index (χ1n) is 5.06. The number of nitrogens with zero attached hydrogens (tertiary/aromatic N) is 1. The van der Waals surface area contributed by atoms with E-state index in [1.807, 2.05) is 13.8 Å². The first kappa shape index (κ1) is 11.9. The average molecular weight is 295 g/mol. The quantitative estimate of drug-likeness (QED) is 0.865. The molecule has 0 aliphatic carbocycles. The van der Waals surface area contributed by atoms with Crippen molar-refractivity contribution in [3.8, 4) is 0 Å². The summed E-state index contributed by atoms with van der Waals surface area (Å²) in [6.45, 7) is 3.65. The van der Waals surface area contributed by atoms with Crippen molar-refractivity contribution in [3.63, 3.8) is 0 Å². The molecule has 0 atom stereocenters. The molecular formula is C12H11BrN2O2. The molecule has 0 saturated heterocycles. The van der Waals surface area contributed by atoms with Crippen LogP contribution >= 0.6 is 15.9 Å². The highest BCUT2D eigenvalue weighted by Gasteiger charge is 2.13. The molecule has 17 heavy (non-hydrogen) atoms. The second kappa shape index (κ2) is 4.71. The molecule has 0 saturated carbocycles. The summed E-state index contributed by atoms with van der Waals surface area (Å²) in [5.74, 6) is 0.0621. The Morgan fingerprint density at radius 2 is 2.12 bits per heavy atom. The van der Waals surface area contributed by atoms with Gasteiger partial charge in [0.15, 0.2) is 5.76 Å². The molecule has 0 spiro atoms. The van der Waals surface area contributed by atoms with Crippen LogP contribution in [0.5, 0.6) is 0 Å². The Bertz CT molecular complexity index is 563. The van der Waals surface area contributed by atoms with Gasteiger partial charge in [-0.25, -0.2) is 4.98 Å². The Balaban J connectivity index is 2.22. The van der Waals surface area contributed by atoms with Gasteiger partial charge in [0, 0.05) is 5.56 Å². The van der Waals surface area contributed by atoms with E-state index in [-0.39, 0.29) is 5.91 Å². The van der Waals surface area contributed by atoms with Crippen molar-refractivity contribution in [2.24, 2.45) is 0 Å². The maximum atomic E-state index is 11.9. The molecule has 0 fully saturated rings. The third-order valence-corrected chi connectivity index (χ3v) is 2.81. The fraction of sp³-hybridized carbons (Fsp3) is 0.167. The van der Waals surface area contributed by atoms with E-state index in [0.717, 1.165) is 15.9 Å². The Labute approximate surface area is 107 Å². The summed E-state index contributed by atoms with van der Waals surface area (Å²) >= 11 is 3.27. The van der Waals surface area contributed by atoms with Crippen LogP contribution in [-0.2, 0) is 0 Å². The van der Waals surface area contributed by atoms with Crippen LogP contribution in [-0.4, -0.2) is 10.9 Å². The van der Waals surface area contributed by atoms with Crippen molar-refractivity contribution in [2.75, 3.05) is 5.32 Å². The molecule has 5 heteroatoms. The number of carbonyl (C=O) groups is 1. The summed E-state index contributed by atoms with van der Waals surface area (Å²) in [4.78, 5) is 16.1. The third kappa shape index (κ3) is 2.55. The van der Waals surface area contributed by atoms with Crippen LogP contribution in [0.15, 0.2) is 33.5 Å². The van der Waals surface area contributed by atoms with Gasteiger partial charge in [-0.15, -0.1) is 0 Å². The molecule has 2 aromatic rings. The first-order valence-corrected chi connectivity index (χ1v) is 5.86. The first-order chi connectivity index (χ1) is 8.08. The normalized spacial score (nSPS) is 10.3. The summed E-state index contributed by atoms with van der Waals surface area (Å²) in [7, 11) is 0. The van der Waals surface area contributed by atoms with Crippen LogP contribution in [0, 0.1) is 13.8 Å². The van der Waals surface area contributed by atoms with Gasteiger partial charge in [0.05, 0.1) is 17.6 Å². The second-order valence-corrected chi connectivity index (χ2v) is 4.47. The van der Waals surface area contributed by atoms with Crippen LogP contribution in [0.1, 0.15) is 21.8 Å². The van der Waals surface area contributed by atoms with E-state index in [9.17, 15) is 4.79 Å². The van der Waals surface area contributed by atoms with Crippen LogP contribution in [0.25, 0.3) is 0 Å². The number of carbonyl (C=O) groups excluding carboxylic acids is 1. The van der Waals surface area contributed by atoms with Crippen LogP contribution in [0.4, 0.5) is 5.69 Å². The van der Waals surface area contributed by atoms with Gasteiger partial charge in [0.2, 0.25) is 0 Å². The second-order valence-electron chi connectivity index (χ2n) is 3.65. The van der Waals surface area contributed by atoms with E-state index in [1.165, 1.54) is 6.26 Å². The van der Waals surface area contributed by atoms with E-state index >= 15 is 0 Å². The topological polar surface area (TPSA) is 55.1 Å². The highest BCUT2D eigenvalue weighted by atomic mass is 79.9. The number of nitrogens with one attached hydrogen (secondary N) is 1. The minimum absolute atomic E-state index is 0.264. The minimum atomic E-state index is -0.264. The van der Waals surface area contributed by atoms with Crippen LogP contribution in [0.2, 0.25) is 0 Å². The predicted molar refractivity (Wildman–Crippen MR) is 68.1 cm³/mol. The predicted octanol–water partition coefficient (Wildman–Crippen LogP) is 3.31. The maximum absolute atomic E-state index is 11.9. The summed E-state index contributed by atoms with van der Waals surface area (Å²) in [6, 6.07) is 5.32. The van der Waals surface area contributed by atoms with Crippen LogP contribution in [0.3, 0.4) is 0 Å². The highest BCUT2D eigenvalue weighted by Crippen LogP contribution is 2.18. The van der Waals surface area contributed by atoms with E-state index in [0.29, 0.717) is 11.4 Å². The van der Waals surface area contributed by atoms with Crippen molar-refractivity contribution in [2.45, 2.75) is 13.8 Å². The fourth-order valence-electron chi connectivity index (χ4n) is 1.45. The molecule has 88 valence electrons. The number of rotatable bonds is 2. The van der Waals surface area contributed by atoms with Gasteiger partial charge in [0.1, 0.15) is 4.60 Å². The maximum Gasteiger partial charge on any atom is 0.291 e. The Hall–Kier alpha value is -1.62. The average Bonchev–Trinajstić information content (AvgIpc) is 2.68. The monoisotopic (exact) mass is 294 g/mol. The van der Waals surface area contributed by atoms with Crippen molar-refractivity contribution in [1.29, 1.82) is 0 Å². The van der Waals surface area contributed by atoms with Crippen molar-refractivity contribution >= 4 is 27.5 Å².